The monoisotopic (exact) mass is 396 g/mol. The molecular weight excluding hydrogens is 380 g/mol. The second kappa shape index (κ2) is 8.24. The van der Waals surface area contributed by atoms with Gasteiger partial charge in [-0.1, -0.05) is 12.1 Å². The Morgan fingerprint density at radius 1 is 1.03 bits per heavy atom. The quantitative estimate of drug-likeness (QED) is 0.539. The van der Waals surface area contributed by atoms with Crippen LogP contribution in [-0.2, 0) is 6.54 Å². The molecule has 8 heteroatoms. The first-order chi connectivity index (χ1) is 14.7. The Bertz CT molecular complexity index is 1270. The highest BCUT2D eigenvalue weighted by Crippen LogP contribution is 2.17. The van der Waals surface area contributed by atoms with Crippen molar-refractivity contribution in [1.29, 1.82) is 5.26 Å². The van der Waals surface area contributed by atoms with Gasteiger partial charge in [0.05, 0.1) is 17.1 Å². The summed E-state index contributed by atoms with van der Waals surface area (Å²) in [5, 5.41) is 14.6. The Morgan fingerprint density at radius 3 is 2.67 bits per heavy atom. The van der Waals surface area contributed by atoms with Crippen molar-refractivity contribution in [2.24, 2.45) is 0 Å². The van der Waals surface area contributed by atoms with Crippen LogP contribution >= 0.6 is 0 Å². The Balaban J connectivity index is 1.60. The second-order valence-corrected chi connectivity index (χ2v) is 6.42. The minimum absolute atomic E-state index is 0.107. The number of amides is 2. The number of hydrogen-bond donors (Lipinski definition) is 2. The van der Waals surface area contributed by atoms with Gasteiger partial charge in [-0.2, -0.15) is 5.26 Å². The van der Waals surface area contributed by atoms with E-state index in [2.05, 4.69) is 20.6 Å². The number of carbonyl (C=O) groups is 2. The summed E-state index contributed by atoms with van der Waals surface area (Å²) in [6.07, 6.45) is 4.98. The average Bonchev–Trinajstić information content (AvgIpc) is 3.18. The van der Waals surface area contributed by atoms with Crippen LogP contribution in [0.15, 0.2) is 73.2 Å². The zero-order valence-corrected chi connectivity index (χ0v) is 15.7. The highest BCUT2D eigenvalue weighted by molar-refractivity contribution is 6.09. The van der Waals surface area contributed by atoms with E-state index in [0.717, 1.165) is 5.56 Å². The number of hydrogen-bond acceptors (Lipinski definition) is 5. The molecular formula is C22H16N6O2. The molecule has 4 rings (SSSR count). The molecule has 1 aromatic carbocycles. The van der Waals surface area contributed by atoms with Gasteiger partial charge in [0.15, 0.2) is 5.69 Å². The van der Waals surface area contributed by atoms with Gasteiger partial charge >= 0.3 is 0 Å². The van der Waals surface area contributed by atoms with Gasteiger partial charge in [-0.15, -0.1) is 0 Å². The van der Waals surface area contributed by atoms with Crippen LogP contribution in [0.1, 0.15) is 32.2 Å². The maximum absolute atomic E-state index is 12.8. The number of rotatable bonds is 5. The van der Waals surface area contributed by atoms with Crippen LogP contribution in [-0.4, -0.2) is 26.2 Å². The molecule has 0 saturated heterocycles. The molecule has 4 aromatic rings. The zero-order valence-electron chi connectivity index (χ0n) is 15.7. The minimum Gasteiger partial charge on any atom is -0.345 e. The number of fused-ring (bicyclic) bond motifs is 1. The van der Waals surface area contributed by atoms with Crippen LogP contribution in [0.3, 0.4) is 0 Å². The second-order valence-electron chi connectivity index (χ2n) is 6.42. The van der Waals surface area contributed by atoms with Gasteiger partial charge in [0.25, 0.3) is 11.8 Å². The predicted molar refractivity (Wildman–Crippen MR) is 110 cm³/mol. The molecule has 0 unspecified atom stereocenters. The number of nitrogens with one attached hydrogen (secondary N) is 2. The Labute approximate surface area is 171 Å². The molecule has 0 saturated carbocycles. The minimum atomic E-state index is -0.470. The average molecular weight is 396 g/mol. The van der Waals surface area contributed by atoms with E-state index in [-0.39, 0.29) is 11.5 Å². The van der Waals surface area contributed by atoms with E-state index < -0.39 is 11.8 Å². The number of nitriles is 1. The molecule has 3 heterocycles. The van der Waals surface area contributed by atoms with E-state index in [0.29, 0.717) is 23.3 Å². The van der Waals surface area contributed by atoms with Gasteiger partial charge in [-0.25, -0.2) is 4.98 Å². The molecule has 3 aromatic heterocycles. The molecule has 2 amide bonds. The summed E-state index contributed by atoms with van der Waals surface area (Å²) in [6.45, 7) is 0.311. The van der Waals surface area contributed by atoms with E-state index in [4.69, 9.17) is 5.26 Å². The van der Waals surface area contributed by atoms with Crippen LogP contribution in [0.2, 0.25) is 0 Å². The van der Waals surface area contributed by atoms with Gasteiger partial charge in [0, 0.05) is 30.8 Å². The molecule has 30 heavy (non-hydrogen) atoms. The maximum Gasteiger partial charge on any atom is 0.287 e. The largest absolute Gasteiger partial charge is 0.345 e. The van der Waals surface area contributed by atoms with Crippen molar-refractivity contribution in [3.8, 4) is 6.07 Å². The lowest BCUT2D eigenvalue weighted by atomic mass is 10.2. The van der Waals surface area contributed by atoms with Gasteiger partial charge < -0.3 is 10.6 Å². The van der Waals surface area contributed by atoms with Gasteiger partial charge in [-0.3, -0.25) is 19.0 Å². The fraction of sp³-hybridized carbons (Fsp3) is 0.0455. The topological polar surface area (TPSA) is 112 Å². The first kappa shape index (κ1) is 18.8. The molecule has 0 aliphatic heterocycles. The lowest BCUT2D eigenvalue weighted by molar-refractivity contribution is 0.0940. The van der Waals surface area contributed by atoms with Crippen molar-refractivity contribution >= 4 is 23.0 Å². The summed E-state index contributed by atoms with van der Waals surface area (Å²) >= 11 is 0. The van der Waals surface area contributed by atoms with Crippen LogP contribution in [0.25, 0.3) is 5.52 Å². The van der Waals surface area contributed by atoms with E-state index in [1.165, 1.54) is 0 Å². The third kappa shape index (κ3) is 3.86. The number of anilines is 1. The van der Waals surface area contributed by atoms with E-state index >= 15 is 0 Å². The van der Waals surface area contributed by atoms with Gasteiger partial charge in [-0.05, 0) is 48.0 Å². The first-order valence-corrected chi connectivity index (χ1v) is 9.11. The molecule has 0 radical (unpaired) electrons. The fourth-order valence-corrected chi connectivity index (χ4v) is 2.98. The molecule has 8 nitrogen and oxygen atoms in total. The lowest BCUT2D eigenvalue weighted by Crippen LogP contribution is -2.25. The molecule has 0 aliphatic carbocycles. The van der Waals surface area contributed by atoms with Crippen molar-refractivity contribution in [3.63, 3.8) is 0 Å². The van der Waals surface area contributed by atoms with Crippen molar-refractivity contribution in [2.75, 3.05) is 5.32 Å². The van der Waals surface area contributed by atoms with Crippen LogP contribution in [0.5, 0.6) is 0 Å². The third-order valence-corrected chi connectivity index (χ3v) is 4.42. The summed E-state index contributed by atoms with van der Waals surface area (Å²) in [5.41, 5.74) is 2.42. The highest BCUT2D eigenvalue weighted by Gasteiger charge is 2.21. The third-order valence-electron chi connectivity index (χ3n) is 4.42. The molecule has 2 N–H and O–H groups in total. The first-order valence-electron chi connectivity index (χ1n) is 9.11. The van der Waals surface area contributed by atoms with Crippen molar-refractivity contribution in [1.82, 2.24) is 19.7 Å². The van der Waals surface area contributed by atoms with Gasteiger partial charge in [0.1, 0.15) is 0 Å². The maximum atomic E-state index is 12.8. The molecule has 0 spiro atoms. The van der Waals surface area contributed by atoms with Crippen LogP contribution in [0, 0.1) is 11.3 Å². The summed E-state index contributed by atoms with van der Waals surface area (Å²) in [6, 6.07) is 17.4. The molecule has 0 aliphatic rings. The van der Waals surface area contributed by atoms with Gasteiger partial charge in [0.2, 0.25) is 5.82 Å². The predicted octanol–water partition coefficient (Wildman–Crippen LogP) is 2.78. The summed E-state index contributed by atoms with van der Waals surface area (Å²) in [5.74, 6) is -0.768. The number of nitrogens with zero attached hydrogens (tertiary/aromatic N) is 4. The standard InChI is InChI=1S/C22H16N6O2/c23-13-16-4-3-5-17(12-16)26-21(29)19-18-6-1-2-11-28(18)20(27-19)22(30)25-14-15-7-9-24-10-8-15/h1-12H,14H2,(H,25,30)(H,26,29). The van der Waals surface area contributed by atoms with Crippen LogP contribution < -0.4 is 10.6 Å². The molecule has 0 fully saturated rings. The van der Waals surface area contributed by atoms with E-state index in [9.17, 15) is 9.59 Å². The normalized spacial score (nSPS) is 10.4. The lowest BCUT2D eigenvalue weighted by Gasteiger charge is -2.04. The van der Waals surface area contributed by atoms with Crippen molar-refractivity contribution in [2.45, 2.75) is 6.54 Å². The number of imidazole rings is 1. The SMILES string of the molecule is N#Cc1cccc(NC(=O)c2nc(C(=O)NCc3ccncc3)n3ccccc23)c1. The highest BCUT2D eigenvalue weighted by atomic mass is 16.2. The molecule has 146 valence electrons. The Morgan fingerprint density at radius 2 is 1.87 bits per heavy atom. The zero-order chi connectivity index (χ0) is 20.9. The van der Waals surface area contributed by atoms with Crippen molar-refractivity contribution in [3.05, 3.63) is 95.8 Å². The number of pyridine rings is 2. The molecule has 0 atom stereocenters. The number of benzene rings is 1. The fourth-order valence-electron chi connectivity index (χ4n) is 2.98. The number of aromatic nitrogens is 3. The Kier molecular flexibility index (Phi) is 5.17. The summed E-state index contributed by atoms with van der Waals surface area (Å²) in [4.78, 5) is 33.8. The summed E-state index contributed by atoms with van der Waals surface area (Å²) < 4.78 is 1.57. The molecule has 0 bridgehead atoms. The van der Waals surface area contributed by atoms with Crippen LogP contribution in [0.4, 0.5) is 5.69 Å². The van der Waals surface area contributed by atoms with E-state index in [1.54, 1.807) is 77.6 Å². The Hall–Kier alpha value is -4.51. The smallest absolute Gasteiger partial charge is 0.287 e. The van der Waals surface area contributed by atoms with Crippen molar-refractivity contribution < 1.29 is 9.59 Å². The van der Waals surface area contributed by atoms with E-state index in [1.807, 2.05) is 6.07 Å². The summed E-state index contributed by atoms with van der Waals surface area (Å²) in [7, 11) is 0. The number of carbonyl (C=O) groups excluding carboxylic acids is 2.